The van der Waals surface area contributed by atoms with Gasteiger partial charge in [-0.25, -0.2) is 0 Å². The molecule has 0 radical (unpaired) electrons. The fourth-order valence-electron chi connectivity index (χ4n) is 9.86. The van der Waals surface area contributed by atoms with Crippen LogP contribution in [0.5, 0.6) is 5.75 Å². The summed E-state index contributed by atoms with van der Waals surface area (Å²) in [5.74, 6) is -2.33. The van der Waals surface area contributed by atoms with Crippen LogP contribution in [-0.4, -0.2) is 70.7 Å². The SMILES string of the molecule is CC(C)(C)[Si](OCC1=C([C@H](O)CC/C(=C/c2cccc(O)c2)c2ccccn2)[C@H](CO)[C@@H]2C(=O)N(C3CCCCC3)C(=O)[C@@H]2C1)(c1ccccc1)c1ccccc1. The van der Waals surface area contributed by atoms with Gasteiger partial charge in [0.05, 0.1) is 36.8 Å². The number of carbonyl (C=O) groups excluding carboxylic acids is 2. The standard InChI is InChI=1S/C48H56N2O6Si/c1-48(2,3)57(38-20-9-5-10-21-38,39-22-11-6-12-23-39)56-32-35-30-40-45(47(55)50(46(40)54)36-17-7-4-8-18-36)41(31-51)44(35)43(53)26-25-34(42-24-13-14-27-49-42)28-33-16-15-19-37(52)29-33/h5-6,9-16,19-24,27-29,36,40-41,43,45,51-53H,4,7-8,17-18,25-26,30-32H2,1-3H3/b34-28-/t40-,41+,43-,45-/m1/s1. The fraction of sp³-hybridized carbons (Fsp3) is 0.396. The van der Waals surface area contributed by atoms with Crippen molar-refractivity contribution in [3.05, 3.63) is 132 Å². The number of aromatic nitrogens is 1. The van der Waals surface area contributed by atoms with E-state index in [1.54, 1.807) is 24.4 Å². The Kier molecular flexibility index (Phi) is 12.4. The van der Waals surface area contributed by atoms with Crippen LogP contribution >= 0.6 is 0 Å². The summed E-state index contributed by atoms with van der Waals surface area (Å²) in [7, 11) is -3.04. The molecule has 9 heteroatoms. The van der Waals surface area contributed by atoms with Gasteiger partial charge in [0.1, 0.15) is 5.75 Å². The zero-order chi connectivity index (χ0) is 40.2. The van der Waals surface area contributed by atoms with Crippen molar-refractivity contribution in [2.24, 2.45) is 17.8 Å². The number of rotatable bonds is 13. The Hall–Kier alpha value is -4.67. The van der Waals surface area contributed by atoms with Gasteiger partial charge < -0.3 is 19.7 Å². The highest BCUT2D eigenvalue weighted by Crippen LogP contribution is 2.48. The lowest BCUT2D eigenvalue weighted by Crippen LogP contribution is -2.66. The van der Waals surface area contributed by atoms with Crippen LogP contribution in [-0.2, 0) is 14.0 Å². The summed E-state index contributed by atoms with van der Waals surface area (Å²) >= 11 is 0. The lowest BCUT2D eigenvalue weighted by Gasteiger charge is -2.44. The molecule has 2 amide bonds. The molecule has 8 nitrogen and oxygen atoms in total. The smallest absolute Gasteiger partial charge is 0.261 e. The normalized spacial score (nSPS) is 21.5. The average Bonchev–Trinajstić information content (AvgIpc) is 3.48. The van der Waals surface area contributed by atoms with Gasteiger partial charge in [-0.15, -0.1) is 0 Å². The number of hydrogen-bond acceptors (Lipinski definition) is 7. The highest BCUT2D eigenvalue weighted by atomic mass is 28.4. The van der Waals surface area contributed by atoms with Crippen molar-refractivity contribution in [3.63, 3.8) is 0 Å². The largest absolute Gasteiger partial charge is 0.508 e. The second kappa shape index (κ2) is 17.4. The number of aromatic hydroxyl groups is 1. The van der Waals surface area contributed by atoms with Gasteiger partial charge in [0.25, 0.3) is 8.32 Å². The third-order valence-corrected chi connectivity index (χ3v) is 17.5. The van der Waals surface area contributed by atoms with Crippen molar-refractivity contribution in [3.8, 4) is 5.75 Å². The molecular formula is C48H56N2O6Si. The maximum absolute atomic E-state index is 14.4. The number of aliphatic hydroxyl groups is 2. The third-order valence-electron chi connectivity index (χ3n) is 12.5. The number of amides is 2. The second-order valence-corrected chi connectivity index (χ2v) is 21.3. The van der Waals surface area contributed by atoms with Crippen LogP contribution in [0.2, 0.25) is 5.04 Å². The summed E-state index contributed by atoms with van der Waals surface area (Å²) in [5.41, 5.74) is 3.82. The minimum absolute atomic E-state index is 0.127. The van der Waals surface area contributed by atoms with Gasteiger partial charge in [-0.1, -0.05) is 119 Å². The van der Waals surface area contributed by atoms with Crippen LogP contribution in [0.1, 0.15) is 83.4 Å². The number of aliphatic hydroxyl groups excluding tert-OH is 2. The maximum atomic E-state index is 14.4. The molecule has 7 rings (SSSR count). The molecular weight excluding hydrogens is 729 g/mol. The van der Waals surface area contributed by atoms with Crippen molar-refractivity contribution in [2.75, 3.05) is 13.2 Å². The molecule has 4 atom stereocenters. The van der Waals surface area contributed by atoms with Crippen molar-refractivity contribution in [1.82, 2.24) is 9.88 Å². The Morgan fingerprint density at radius 2 is 1.56 bits per heavy atom. The lowest BCUT2D eigenvalue weighted by molar-refractivity contribution is -0.143. The van der Waals surface area contributed by atoms with Crippen LogP contribution in [0.3, 0.4) is 0 Å². The topological polar surface area (TPSA) is 120 Å². The predicted molar refractivity (Wildman–Crippen MR) is 227 cm³/mol. The van der Waals surface area contributed by atoms with E-state index in [9.17, 15) is 24.9 Å². The van der Waals surface area contributed by atoms with Crippen molar-refractivity contribution in [2.45, 2.75) is 89.3 Å². The first-order valence-electron chi connectivity index (χ1n) is 20.6. The summed E-state index contributed by atoms with van der Waals surface area (Å²) in [6, 6.07) is 33.3. The molecule has 1 aromatic heterocycles. The zero-order valence-electron chi connectivity index (χ0n) is 33.4. The summed E-state index contributed by atoms with van der Waals surface area (Å²) < 4.78 is 7.45. The van der Waals surface area contributed by atoms with Crippen molar-refractivity contribution in [1.29, 1.82) is 0 Å². The quantitative estimate of drug-likeness (QED) is 0.0741. The second-order valence-electron chi connectivity index (χ2n) is 17.0. The summed E-state index contributed by atoms with van der Waals surface area (Å²) in [6.07, 6.45) is 8.31. The Balaban J connectivity index is 1.30. The number of benzene rings is 3. The van der Waals surface area contributed by atoms with Crippen LogP contribution in [0, 0.1) is 17.8 Å². The van der Waals surface area contributed by atoms with Crippen molar-refractivity contribution >= 4 is 42.2 Å². The highest BCUT2D eigenvalue weighted by molar-refractivity contribution is 6.99. The van der Waals surface area contributed by atoms with Crippen molar-refractivity contribution < 1.29 is 29.3 Å². The number of nitrogens with zero attached hydrogens (tertiary/aromatic N) is 2. The minimum atomic E-state index is -3.04. The first kappa shape index (κ1) is 40.5. The van der Waals surface area contributed by atoms with E-state index in [1.165, 1.54) is 4.90 Å². The molecule has 0 unspecified atom stereocenters. The Bertz CT molecular complexity index is 2030. The van der Waals surface area contributed by atoms with Gasteiger partial charge >= 0.3 is 0 Å². The third kappa shape index (κ3) is 8.21. The zero-order valence-corrected chi connectivity index (χ0v) is 34.4. The number of carbonyl (C=O) groups is 2. The number of allylic oxidation sites excluding steroid dienone is 1. The van der Waals surface area contributed by atoms with E-state index in [-0.39, 0.29) is 54.7 Å². The number of hydrogen-bond donors (Lipinski definition) is 3. The molecule has 2 aliphatic carbocycles. The molecule has 0 bridgehead atoms. The number of pyridine rings is 1. The Labute approximate surface area is 338 Å². The van der Waals surface area contributed by atoms with Crippen LogP contribution in [0.15, 0.2) is 120 Å². The molecule has 3 aliphatic rings. The molecule has 1 saturated carbocycles. The van der Waals surface area contributed by atoms with Gasteiger partial charge in [0.2, 0.25) is 11.8 Å². The highest BCUT2D eigenvalue weighted by Gasteiger charge is 2.57. The van der Waals surface area contributed by atoms with Crippen LogP contribution in [0.25, 0.3) is 11.6 Å². The van der Waals surface area contributed by atoms with E-state index in [0.29, 0.717) is 12.0 Å². The van der Waals surface area contributed by atoms with Gasteiger partial charge in [0, 0.05) is 18.2 Å². The number of fused-ring (bicyclic) bond motifs is 1. The minimum Gasteiger partial charge on any atom is -0.508 e. The fourth-order valence-corrected chi connectivity index (χ4v) is 14.4. The van der Waals surface area contributed by atoms with E-state index in [4.69, 9.17) is 4.43 Å². The monoisotopic (exact) mass is 784 g/mol. The number of phenolic OH excluding ortho intramolecular Hbond substituents is 1. The van der Waals surface area contributed by atoms with E-state index in [0.717, 1.165) is 64.9 Å². The number of likely N-dealkylation sites (tertiary alicyclic amines) is 1. The average molecular weight is 785 g/mol. The van der Waals surface area contributed by atoms with Gasteiger partial charge in [-0.3, -0.25) is 19.5 Å². The molecule has 298 valence electrons. The van der Waals surface area contributed by atoms with Gasteiger partial charge in [0.15, 0.2) is 0 Å². The molecule has 57 heavy (non-hydrogen) atoms. The van der Waals surface area contributed by atoms with E-state index in [1.807, 2.05) is 66.7 Å². The predicted octanol–water partition coefficient (Wildman–Crippen LogP) is 7.29. The number of phenols is 1. The Morgan fingerprint density at radius 1 is 0.895 bits per heavy atom. The molecule has 3 aromatic carbocycles. The van der Waals surface area contributed by atoms with E-state index < -0.39 is 32.2 Å². The van der Waals surface area contributed by atoms with Gasteiger partial charge in [-0.05, 0) is 100 Å². The summed E-state index contributed by atoms with van der Waals surface area (Å²) in [5, 5.41) is 35.8. The van der Waals surface area contributed by atoms with Gasteiger partial charge in [-0.2, -0.15) is 0 Å². The molecule has 1 aliphatic heterocycles. The van der Waals surface area contributed by atoms with Crippen LogP contribution in [0.4, 0.5) is 0 Å². The molecule has 1 saturated heterocycles. The number of imide groups is 1. The van der Waals surface area contributed by atoms with E-state index in [2.05, 4.69) is 50.0 Å². The lowest BCUT2D eigenvalue weighted by atomic mass is 9.68. The molecule has 2 heterocycles. The molecule has 0 spiro atoms. The maximum Gasteiger partial charge on any atom is 0.261 e. The first-order chi connectivity index (χ1) is 27.5. The summed E-state index contributed by atoms with van der Waals surface area (Å²) in [6.45, 7) is 6.43. The first-order valence-corrected chi connectivity index (χ1v) is 22.5. The molecule has 4 aromatic rings. The van der Waals surface area contributed by atoms with E-state index >= 15 is 0 Å². The Morgan fingerprint density at radius 3 is 2.16 bits per heavy atom. The summed E-state index contributed by atoms with van der Waals surface area (Å²) in [4.78, 5) is 35.0. The molecule has 2 fully saturated rings. The molecule has 3 N–H and O–H groups in total. The van der Waals surface area contributed by atoms with Crippen LogP contribution < -0.4 is 10.4 Å².